The third-order valence-corrected chi connectivity index (χ3v) is 3.72. The largest absolute Gasteiger partial charge is 0.325 e. The summed E-state index contributed by atoms with van der Waals surface area (Å²) in [7, 11) is 0. The fraction of sp³-hybridized carbons (Fsp3) is 0.750. The Labute approximate surface area is 91.7 Å². The van der Waals surface area contributed by atoms with Crippen molar-refractivity contribution in [3.8, 4) is 0 Å². The predicted molar refractivity (Wildman–Crippen MR) is 61.6 cm³/mol. The van der Waals surface area contributed by atoms with Gasteiger partial charge in [-0.1, -0.05) is 20.3 Å². The molecule has 2 atom stereocenters. The van der Waals surface area contributed by atoms with Crippen molar-refractivity contribution in [3.05, 3.63) is 18.0 Å². The molecule has 2 unspecified atom stereocenters. The van der Waals surface area contributed by atoms with E-state index < -0.39 is 0 Å². The number of nitrogens with two attached hydrogens (primary N) is 1. The van der Waals surface area contributed by atoms with Gasteiger partial charge in [0.1, 0.15) is 0 Å². The molecule has 0 aliphatic heterocycles. The molecular formula is C12H21N3. The van der Waals surface area contributed by atoms with E-state index in [1.54, 1.807) is 0 Å². The van der Waals surface area contributed by atoms with Crippen LogP contribution in [0.2, 0.25) is 0 Å². The summed E-state index contributed by atoms with van der Waals surface area (Å²) in [6, 6.07) is 2.64. The lowest BCUT2D eigenvalue weighted by atomic mass is 9.71. The maximum Gasteiger partial charge on any atom is 0.0675 e. The smallest absolute Gasteiger partial charge is 0.0675 e. The number of aryl methyl sites for hydroxylation is 1. The zero-order valence-corrected chi connectivity index (χ0v) is 9.90. The van der Waals surface area contributed by atoms with Gasteiger partial charge in [0.15, 0.2) is 0 Å². The molecule has 0 amide bonds. The Morgan fingerprint density at radius 1 is 1.53 bits per heavy atom. The first kappa shape index (κ1) is 10.7. The van der Waals surface area contributed by atoms with Crippen molar-refractivity contribution in [1.82, 2.24) is 9.78 Å². The van der Waals surface area contributed by atoms with Crippen LogP contribution >= 0.6 is 0 Å². The van der Waals surface area contributed by atoms with Gasteiger partial charge in [0.25, 0.3) is 0 Å². The normalized spacial score (nSPS) is 30.4. The van der Waals surface area contributed by atoms with Crippen LogP contribution in [0.25, 0.3) is 0 Å². The molecule has 1 aliphatic rings. The first-order valence-electron chi connectivity index (χ1n) is 5.78. The monoisotopic (exact) mass is 207 g/mol. The van der Waals surface area contributed by atoms with Crippen molar-refractivity contribution in [3.63, 3.8) is 0 Å². The van der Waals surface area contributed by atoms with Gasteiger partial charge < -0.3 is 5.73 Å². The quantitative estimate of drug-likeness (QED) is 0.767. The highest BCUT2D eigenvalue weighted by Gasteiger charge is 2.37. The Morgan fingerprint density at radius 2 is 2.27 bits per heavy atom. The van der Waals surface area contributed by atoms with Gasteiger partial charge in [0.05, 0.1) is 11.7 Å². The summed E-state index contributed by atoms with van der Waals surface area (Å²) >= 11 is 0. The third kappa shape index (κ3) is 1.93. The van der Waals surface area contributed by atoms with E-state index in [0.29, 0.717) is 6.04 Å². The Bertz CT molecular complexity index is 340. The van der Waals surface area contributed by atoms with Gasteiger partial charge >= 0.3 is 0 Å². The van der Waals surface area contributed by atoms with Crippen molar-refractivity contribution < 1.29 is 0 Å². The molecule has 1 fully saturated rings. The van der Waals surface area contributed by atoms with Crippen molar-refractivity contribution in [1.29, 1.82) is 0 Å². The molecule has 1 aromatic rings. The topological polar surface area (TPSA) is 43.8 Å². The average molecular weight is 207 g/mol. The zero-order valence-electron chi connectivity index (χ0n) is 9.90. The average Bonchev–Trinajstić information content (AvgIpc) is 2.57. The molecule has 3 nitrogen and oxygen atoms in total. The summed E-state index contributed by atoms with van der Waals surface area (Å²) in [5.41, 5.74) is 7.65. The highest BCUT2D eigenvalue weighted by molar-refractivity contribution is 5.00. The number of nitrogens with zero attached hydrogens (tertiary/aromatic N) is 2. The van der Waals surface area contributed by atoms with Crippen LogP contribution in [0.3, 0.4) is 0 Å². The van der Waals surface area contributed by atoms with Crippen LogP contribution in [0.5, 0.6) is 0 Å². The lowest BCUT2D eigenvalue weighted by molar-refractivity contribution is 0.135. The van der Waals surface area contributed by atoms with E-state index in [0.717, 1.165) is 12.1 Å². The number of rotatable bonds is 1. The third-order valence-electron chi connectivity index (χ3n) is 3.72. The van der Waals surface area contributed by atoms with E-state index in [4.69, 9.17) is 5.73 Å². The Balaban J connectivity index is 2.22. The van der Waals surface area contributed by atoms with Crippen LogP contribution in [-0.4, -0.2) is 15.8 Å². The van der Waals surface area contributed by atoms with E-state index in [-0.39, 0.29) is 11.5 Å². The summed E-state index contributed by atoms with van der Waals surface area (Å²) < 4.78 is 2.06. The van der Waals surface area contributed by atoms with Gasteiger partial charge in [-0.3, -0.25) is 4.68 Å². The summed E-state index contributed by atoms with van der Waals surface area (Å²) in [4.78, 5) is 0. The van der Waals surface area contributed by atoms with Crippen molar-refractivity contribution in [2.45, 2.75) is 52.1 Å². The van der Waals surface area contributed by atoms with E-state index in [1.807, 2.05) is 13.0 Å². The second-order valence-corrected chi connectivity index (χ2v) is 5.41. The fourth-order valence-corrected chi connectivity index (χ4v) is 2.55. The Hall–Kier alpha value is -0.830. The van der Waals surface area contributed by atoms with Gasteiger partial charge in [-0.25, -0.2) is 0 Å². The van der Waals surface area contributed by atoms with Crippen molar-refractivity contribution in [2.24, 2.45) is 11.1 Å². The molecule has 1 aromatic heterocycles. The molecule has 3 heteroatoms. The predicted octanol–water partition coefficient (Wildman–Crippen LogP) is 2.27. The molecule has 0 saturated heterocycles. The first-order valence-corrected chi connectivity index (χ1v) is 5.78. The van der Waals surface area contributed by atoms with Crippen LogP contribution < -0.4 is 5.73 Å². The second kappa shape index (κ2) is 3.63. The van der Waals surface area contributed by atoms with Crippen LogP contribution in [-0.2, 0) is 0 Å². The lowest BCUT2D eigenvalue weighted by Gasteiger charge is -2.41. The van der Waals surface area contributed by atoms with Crippen LogP contribution in [0.15, 0.2) is 12.3 Å². The van der Waals surface area contributed by atoms with Gasteiger partial charge in [-0.2, -0.15) is 5.10 Å². The molecule has 84 valence electrons. The maximum atomic E-state index is 6.34. The molecule has 0 aromatic carbocycles. The molecule has 1 saturated carbocycles. The van der Waals surface area contributed by atoms with Gasteiger partial charge in [-0.15, -0.1) is 0 Å². The van der Waals surface area contributed by atoms with Crippen molar-refractivity contribution in [2.75, 3.05) is 0 Å². The van der Waals surface area contributed by atoms with Gasteiger partial charge in [0.2, 0.25) is 0 Å². The molecule has 2 N–H and O–H groups in total. The molecule has 0 bridgehead atoms. The Kier molecular flexibility index (Phi) is 2.59. The zero-order chi connectivity index (χ0) is 11.1. The molecule has 0 spiro atoms. The van der Waals surface area contributed by atoms with Gasteiger partial charge in [0, 0.05) is 12.2 Å². The van der Waals surface area contributed by atoms with Crippen LogP contribution in [0, 0.1) is 12.3 Å². The molecular weight excluding hydrogens is 186 g/mol. The highest BCUT2D eigenvalue weighted by Crippen LogP contribution is 2.39. The summed E-state index contributed by atoms with van der Waals surface area (Å²) in [6.07, 6.45) is 5.70. The minimum atomic E-state index is 0.213. The Morgan fingerprint density at radius 3 is 2.87 bits per heavy atom. The minimum absolute atomic E-state index is 0.213. The highest BCUT2D eigenvalue weighted by atomic mass is 15.3. The first-order chi connectivity index (χ1) is 7.00. The minimum Gasteiger partial charge on any atom is -0.325 e. The number of hydrogen-bond acceptors (Lipinski definition) is 2. The van der Waals surface area contributed by atoms with Crippen molar-refractivity contribution >= 4 is 0 Å². The van der Waals surface area contributed by atoms with E-state index in [1.165, 1.54) is 12.8 Å². The maximum absolute atomic E-state index is 6.34. The molecule has 2 rings (SSSR count). The number of hydrogen-bond donors (Lipinski definition) is 1. The number of aromatic nitrogens is 2. The molecule has 0 radical (unpaired) electrons. The standard InChI is InChI=1S/C12H21N3/c1-9-6-8-15(14-9)10-5-4-7-12(2,3)11(10)13/h6,8,10-11H,4-5,7,13H2,1-3H3. The summed E-state index contributed by atoms with van der Waals surface area (Å²) in [6.45, 7) is 6.55. The van der Waals surface area contributed by atoms with Crippen LogP contribution in [0.1, 0.15) is 44.8 Å². The second-order valence-electron chi connectivity index (χ2n) is 5.41. The molecule has 1 heterocycles. The van der Waals surface area contributed by atoms with E-state index in [9.17, 15) is 0 Å². The van der Waals surface area contributed by atoms with E-state index >= 15 is 0 Å². The fourth-order valence-electron chi connectivity index (χ4n) is 2.55. The molecule has 15 heavy (non-hydrogen) atoms. The van der Waals surface area contributed by atoms with E-state index in [2.05, 4.69) is 29.8 Å². The SMILES string of the molecule is Cc1ccn(C2CCCC(C)(C)C2N)n1. The summed E-state index contributed by atoms with van der Waals surface area (Å²) in [5, 5.41) is 4.49. The lowest BCUT2D eigenvalue weighted by Crippen LogP contribution is -2.47. The summed E-state index contributed by atoms with van der Waals surface area (Å²) in [5.74, 6) is 0. The van der Waals surface area contributed by atoms with Crippen LogP contribution in [0.4, 0.5) is 0 Å². The molecule has 1 aliphatic carbocycles. The van der Waals surface area contributed by atoms with Gasteiger partial charge in [-0.05, 0) is 31.2 Å².